The van der Waals surface area contributed by atoms with E-state index < -0.39 is 5.82 Å². The summed E-state index contributed by atoms with van der Waals surface area (Å²) in [6.07, 6.45) is 1.55. The second-order valence-electron chi connectivity index (χ2n) is 6.18. The van der Waals surface area contributed by atoms with E-state index in [1.165, 1.54) is 12.1 Å². The van der Waals surface area contributed by atoms with Crippen molar-refractivity contribution in [2.45, 2.75) is 6.54 Å². The summed E-state index contributed by atoms with van der Waals surface area (Å²) in [6.45, 7) is 2.87. The van der Waals surface area contributed by atoms with Gasteiger partial charge < -0.3 is 13.8 Å². The zero-order valence-electron chi connectivity index (χ0n) is 14.3. The maximum Gasteiger partial charge on any atom is 0.255 e. The monoisotopic (exact) mass is 390 g/mol. The molecule has 1 aliphatic rings. The number of halogens is 2. The van der Waals surface area contributed by atoms with Gasteiger partial charge in [-0.25, -0.2) is 4.39 Å². The van der Waals surface area contributed by atoms with Gasteiger partial charge in [0.05, 0.1) is 23.4 Å². The highest BCUT2D eigenvalue weighted by Crippen LogP contribution is 2.21. The maximum absolute atomic E-state index is 13.2. The van der Waals surface area contributed by atoms with Crippen molar-refractivity contribution in [3.05, 3.63) is 58.9 Å². The van der Waals surface area contributed by atoms with Gasteiger partial charge in [0.2, 0.25) is 11.7 Å². The second-order valence-corrected chi connectivity index (χ2v) is 6.59. The lowest BCUT2D eigenvalue weighted by atomic mass is 10.1. The van der Waals surface area contributed by atoms with Crippen molar-refractivity contribution in [3.8, 4) is 11.6 Å². The zero-order chi connectivity index (χ0) is 18.8. The van der Waals surface area contributed by atoms with Crippen molar-refractivity contribution in [2.75, 3.05) is 26.2 Å². The molecule has 2 aromatic heterocycles. The highest BCUT2D eigenvalue weighted by molar-refractivity contribution is 6.33. The van der Waals surface area contributed by atoms with Gasteiger partial charge in [-0.3, -0.25) is 9.69 Å². The minimum atomic E-state index is -0.463. The Hall–Kier alpha value is -2.71. The molecule has 0 bridgehead atoms. The van der Waals surface area contributed by atoms with Gasteiger partial charge in [0.25, 0.3) is 5.91 Å². The second kappa shape index (κ2) is 7.50. The minimum absolute atomic E-state index is 0.124. The van der Waals surface area contributed by atoms with Gasteiger partial charge in [-0.2, -0.15) is 4.98 Å². The Kier molecular flexibility index (Phi) is 4.91. The molecule has 140 valence electrons. The van der Waals surface area contributed by atoms with E-state index in [2.05, 4.69) is 15.0 Å². The smallest absolute Gasteiger partial charge is 0.255 e. The first-order valence-corrected chi connectivity index (χ1v) is 8.81. The Labute approximate surface area is 159 Å². The molecule has 0 N–H and O–H groups in total. The van der Waals surface area contributed by atoms with Crippen LogP contribution in [0.2, 0.25) is 5.02 Å². The molecule has 1 saturated heterocycles. The van der Waals surface area contributed by atoms with Gasteiger partial charge in [-0.05, 0) is 30.3 Å². The van der Waals surface area contributed by atoms with E-state index in [4.69, 9.17) is 20.5 Å². The molecule has 0 atom stereocenters. The number of benzene rings is 1. The summed E-state index contributed by atoms with van der Waals surface area (Å²) in [7, 11) is 0. The molecule has 0 saturated carbocycles. The fourth-order valence-electron chi connectivity index (χ4n) is 2.96. The summed E-state index contributed by atoms with van der Waals surface area (Å²) in [4.78, 5) is 20.7. The molecule has 9 heteroatoms. The first kappa shape index (κ1) is 17.7. The number of hydrogen-bond donors (Lipinski definition) is 0. The molecular weight excluding hydrogens is 375 g/mol. The van der Waals surface area contributed by atoms with Crippen LogP contribution in [0.1, 0.15) is 16.2 Å². The molecule has 3 heterocycles. The number of hydrogen-bond acceptors (Lipinski definition) is 6. The predicted octanol–water partition coefficient (Wildman–Crippen LogP) is 3.08. The Bertz CT molecular complexity index is 936. The number of piperazine rings is 1. The quantitative estimate of drug-likeness (QED) is 0.681. The lowest BCUT2D eigenvalue weighted by Gasteiger charge is -2.34. The first-order valence-electron chi connectivity index (χ1n) is 8.43. The summed E-state index contributed by atoms with van der Waals surface area (Å²) < 4.78 is 23.7. The normalized spacial score (nSPS) is 15.3. The van der Waals surface area contributed by atoms with Gasteiger partial charge in [0.1, 0.15) is 5.82 Å². The highest BCUT2D eigenvalue weighted by Gasteiger charge is 2.25. The van der Waals surface area contributed by atoms with E-state index in [0.717, 1.165) is 6.07 Å². The molecule has 27 heavy (non-hydrogen) atoms. The highest BCUT2D eigenvalue weighted by atomic mass is 35.5. The fourth-order valence-corrected chi connectivity index (χ4v) is 3.21. The summed E-state index contributed by atoms with van der Waals surface area (Å²) >= 11 is 5.99. The van der Waals surface area contributed by atoms with Crippen LogP contribution in [0.4, 0.5) is 4.39 Å². The average molecular weight is 391 g/mol. The van der Waals surface area contributed by atoms with E-state index in [9.17, 15) is 9.18 Å². The molecule has 0 aliphatic carbocycles. The molecule has 1 aliphatic heterocycles. The molecule has 1 amide bonds. The van der Waals surface area contributed by atoms with Crippen LogP contribution in [0.5, 0.6) is 0 Å². The molecule has 1 aromatic carbocycles. The van der Waals surface area contributed by atoms with Gasteiger partial charge >= 0.3 is 0 Å². The number of aromatic nitrogens is 2. The molecular formula is C18H16ClFN4O3. The van der Waals surface area contributed by atoms with Crippen molar-refractivity contribution in [2.24, 2.45) is 0 Å². The Balaban J connectivity index is 1.34. The summed E-state index contributed by atoms with van der Waals surface area (Å²) in [6, 6.07) is 7.33. The van der Waals surface area contributed by atoms with Gasteiger partial charge in [0, 0.05) is 26.2 Å². The fraction of sp³-hybridized carbons (Fsp3) is 0.278. The van der Waals surface area contributed by atoms with Crippen LogP contribution in [-0.4, -0.2) is 52.0 Å². The minimum Gasteiger partial charge on any atom is -0.461 e. The van der Waals surface area contributed by atoms with Crippen LogP contribution in [0.15, 0.2) is 45.5 Å². The number of nitrogens with zero attached hydrogens (tertiary/aromatic N) is 4. The standard InChI is InChI=1S/C18H16ClFN4O3/c19-14-10-12(20)3-4-13(14)18(25)24-7-5-23(6-8-24)11-16-21-17(22-27-16)15-2-1-9-26-15/h1-4,9-10H,5-8,11H2. The number of carbonyl (C=O) groups excluding carboxylic acids is 1. The molecule has 0 spiro atoms. The first-order chi connectivity index (χ1) is 13.1. The Morgan fingerprint density at radius 3 is 2.74 bits per heavy atom. The van der Waals surface area contributed by atoms with E-state index in [-0.39, 0.29) is 10.9 Å². The number of furan rings is 1. The Morgan fingerprint density at radius 2 is 2.04 bits per heavy atom. The third kappa shape index (κ3) is 3.86. The zero-order valence-corrected chi connectivity index (χ0v) is 15.0. The van der Waals surface area contributed by atoms with Crippen LogP contribution in [0.3, 0.4) is 0 Å². The topological polar surface area (TPSA) is 75.6 Å². The third-order valence-corrected chi connectivity index (χ3v) is 4.70. The SMILES string of the molecule is O=C(c1ccc(F)cc1Cl)N1CCN(Cc2nc(-c3ccco3)no2)CC1. The average Bonchev–Trinajstić information content (AvgIpc) is 3.33. The third-order valence-electron chi connectivity index (χ3n) is 4.39. The van der Waals surface area contributed by atoms with Crippen molar-refractivity contribution >= 4 is 17.5 Å². The summed E-state index contributed by atoms with van der Waals surface area (Å²) in [5, 5.41) is 4.03. The molecule has 3 aromatic rings. The molecule has 1 fully saturated rings. The number of carbonyl (C=O) groups is 1. The van der Waals surface area contributed by atoms with Crippen molar-refractivity contribution in [1.82, 2.24) is 19.9 Å². The number of rotatable bonds is 4. The van der Waals surface area contributed by atoms with Crippen molar-refractivity contribution < 1.29 is 18.1 Å². The van der Waals surface area contributed by atoms with Crippen molar-refractivity contribution in [1.29, 1.82) is 0 Å². The maximum atomic E-state index is 13.2. The lowest BCUT2D eigenvalue weighted by Crippen LogP contribution is -2.48. The molecule has 7 nitrogen and oxygen atoms in total. The van der Waals surface area contributed by atoms with Gasteiger partial charge in [0.15, 0.2) is 5.76 Å². The summed E-state index contributed by atoms with van der Waals surface area (Å²) in [5.74, 6) is 0.793. The van der Waals surface area contributed by atoms with Crippen LogP contribution >= 0.6 is 11.6 Å². The molecule has 0 unspecified atom stereocenters. The van der Waals surface area contributed by atoms with E-state index >= 15 is 0 Å². The predicted molar refractivity (Wildman–Crippen MR) is 94.6 cm³/mol. The molecule has 4 rings (SSSR count). The van der Waals surface area contributed by atoms with Crippen molar-refractivity contribution in [3.63, 3.8) is 0 Å². The Morgan fingerprint density at radius 1 is 1.22 bits per heavy atom. The molecule has 0 radical (unpaired) electrons. The summed E-state index contributed by atoms with van der Waals surface area (Å²) in [5.41, 5.74) is 0.312. The van der Waals surface area contributed by atoms with Crippen LogP contribution in [0, 0.1) is 5.82 Å². The van der Waals surface area contributed by atoms with E-state index in [0.29, 0.717) is 55.8 Å². The van der Waals surface area contributed by atoms with Crippen LogP contribution < -0.4 is 0 Å². The van der Waals surface area contributed by atoms with E-state index in [1.807, 2.05) is 0 Å². The van der Waals surface area contributed by atoms with E-state index in [1.54, 1.807) is 23.3 Å². The lowest BCUT2D eigenvalue weighted by molar-refractivity contribution is 0.0615. The number of amides is 1. The van der Waals surface area contributed by atoms with Crippen LogP contribution in [0.25, 0.3) is 11.6 Å². The van der Waals surface area contributed by atoms with Gasteiger partial charge in [-0.1, -0.05) is 16.8 Å². The largest absolute Gasteiger partial charge is 0.461 e. The van der Waals surface area contributed by atoms with Crippen LogP contribution in [-0.2, 0) is 6.54 Å². The van der Waals surface area contributed by atoms with Gasteiger partial charge in [-0.15, -0.1) is 0 Å².